The first-order chi connectivity index (χ1) is 23.2. The van der Waals surface area contributed by atoms with E-state index in [9.17, 15) is 34.2 Å². The van der Waals surface area contributed by atoms with Crippen molar-refractivity contribution < 1.29 is 29.7 Å². The van der Waals surface area contributed by atoms with Gasteiger partial charge in [-0.3, -0.25) is 19.4 Å². The standard InChI is InChI=1S/C24H34N8O4S2.C5H4N2O4/c1-15(31(13-35)11-19-9-27-17(3)29-23(19)25)21(5-7-33)37-38-22(6-8-34)16(2)32(14-36)12-20-10-28-18(4)30-24(20)26;8-3-1-2(4(9)10)6-5(11)7-3/h9-10,13-14,33-34H,5-8,11-12H2,1-4H3,(H2,25,27,29)(H2,26,28,30);1H,(H,9,10)(H2,6,7,8,11)/b21-15+,22-16+;. The van der Waals surface area contributed by atoms with Crippen molar-refractivity contribution in [1.82, 2.24) is 39.7 Å². The Hall–Kier alpha value is -5.05. The molecule has 0 unspecified atom stereocenters. The second-order valence-corrected chi connectivity index (χ2v) is 12.4. The lowest BCUT2D eigenvalue weighted by atomic mass is 10.2. The molecule has 3 aromatic heterocycles. The molecule has 0 radical (unpaired) electrons. The van der Waals surface area contributed by atoms with Gasteiger partial charge in [-0.25, -0.2) is 29.5 Å². The fourth-order valence-electron chi connectivity index (χ4n) is 3.88. The molecule has 0 bridgehead atoms. The number of aromatic amines is 2. The number of carboxylic acids is 1. The van der Waals surface area contributed by atoms with Gasteiger partial charge in [-0.15, -0.1) is 0 Å². The fraction of sp³-hybridized carbons (Fsp3) is 0.345. The number of carbonyl (C=O) groups is 3. The number of aliphatic hydroxyl groups excluding tert-OH is 2. The number of anilines is 2. The largest absolute Gasteiger partial charge is 0.477 e. The molecule has 0 spiro atoms. The van der Waals surface area contributed by atoms with Gasteiger partial charge in [-0.05, 0) is 27.7 Å². The molecule has 3 heterocycles. The van der Waals surface area contributed by atoms with Crippen LogP contribution in [0, 0.1) is 13.8 Å². The Bertz CT molecular complexity index is 1690. The highest BCUT2D eigenvalue weighted by atomic mass is 33.1. The highest BCUT2D eigenvalue weighted by Crippen LogP contribution is 2.42. The zero-order valence-corrected chi connectivity index (χ0v) is 28.8. The Balaban J connectivity index is 0.000000639. The number of allylic oxidation sites excluding steroid dienone is 2. The summed E-state index contributed by atoms with van der Waals surface area (Å²) in [6, 6.07) is 0.795. The smallest absolute Gasteiger partial charge is 0.352 e. The number of amides is 2. The predicted octanol–water partition coefficient (Wildman–Crippen LogP) is 1.04. The maximum atomic E-state index is 12.0. The molecule has 264 valence electrons. The summed E-state index contributed by atoms with van der Waals surface area (Å²) in [5, 5.41) is 27.7. The number of nitrogen functional groups attached to an aromatic ring is 2. The number of aromatic carboxylic acids is 1. The normalized spacial score (nSPS) is 11.8. The number of H-pyrrole nitrogens is 2. The molecular formula is C29H38N10O8S2. The van der Waals surface area contributed by atoms with E-state index in [2.05, 4.69) is 19.9 Å². The summed E-state index contributed by atoms with van der Waals surface area (Å²) in [4.78, 5) is 79.8. The molecular weight excluding hydrogens is 681 g/mol. The number of carboxylic acid groups (broad SMARTS) is 1. The van der Waals surface area contributed by atoms with Gasteiger partial charge in [0.1, 0.15) is 29.0 Å². The maximum Gasteiger partial charge on any atom is 0.352 e. The van der Waals surface area contributed by atoms with Crippen LogP contribution in [0.1, 0.15) is 60.0 Å². The van der Waals surface area contributed by atoms with Crippen molar-refractivity contribution in [3.63, 3.8) is 0 Å². The number of rotatable bonds is 16. The Labute approximate surface area is 288 Å². The SMILES string of the molecule is C/C(=C(/CCO)SS/C(CCO)=C(\C)N(C=O)Cc1cnc(C)nc1N)N(C=O)Cc1cnc(C)nc1N.O=C(O)c1cc(=O)[nH]c(=O)[nH]1. The summed E-state index contributed by atoms with van der Waals surface area (Å²) in [5.74, 6) is 0.308. The number of nitrogens with one attached hydrogen (secondary N) is 2. The van der Waals surface area contributed by atoms with E-state index in [0.717, 1.165) is 15.9 Å². The van der Waals surface area contributed by atoms with Crippen LogP contribution in [0.15, 0.2) is 49.3 Å². The summed E-state index contributed by atoms with van der Waals surface area (Å²) in [6.07, 6.45) is 5.15. The van der Waals surface area contributed by atoms with Crippen molar-refractivity contribution in [1.29, 1.82) is 0 Å². The molecule has 3 aromatic rings. The van der Waals surface area contributed by atoms with Crippen LogP contribution >= 0.6 is 21.6 Å². The summed E-state index contributed by atoms with van der Waals surface area (Å²) in [6.45, 7) is 7.08. The molecule has 0 saturated carbocycles. The van der Waals surface area contributed by atoms with Crippen molar-refractivity contribution in [2.75, 3.05) is 24.7 Å². The van der Waals surface area contributed by atoms with Gasteiger partial charge < -0.3 is 41.6 Å². The van der Waals surface area contributed by atoms with Gasteiger partial charge in [-0.1, -0.05) is 21.6 Å². The summed E-state index contributed by atoms with van der Waals surface area (Å²) < 4.78 is 0. The van der Waals surface area contributed by atoms with Crippen LogP contribution in [0.4, 0.5) is 11.6 Å². The summed E-state index contributed by atoms with van der Waals surface area (Å²) in [5.41, 5.74) is 12.5. The van der Waals surface area contributed by atoms with E-state index in [-0.39, 0.29) is 26.3 Å². The van der Waals surface area contributed by atoms with E-state index in [1.807, 2.05) is 9.97 Å². The van der Waals surface area contributed by atoms with Crippen LogP contribution in [-0.4, -0.2) is 87.0 Å². The molecule has 20 heteroatoms. The quantitative estimate of drug-likeness (QED) is 0.0804. The topological polar surface area (TPSA) is 288 Å². The molecule has 18 nitrogen and oxygen atoms in total. The maximum absolute atomic E-state index is 12.0. The minimum atomic E-state index is -1.34. The van der Waals surface area contributed by atoms with Crippen LogP contribution in [0.3, 0.4) is 0 Å². The number of carbonyl (C=O) groups excluding carboxylic acids is 2. The number of nitrogens with zero attached hydrogens (tertiary/aromatic N) is 6. The molecule has 0 aliphatic heterocycles. The van der Waals surface area contributed by atoms with Crippen LogP contribution < -0.4 is 22.7 Å². The zero-order chi connectivity index (χ0) is 36.7. The number of aryl methyl sites for hydroxylation is 2. The Kier molecular flexibility index (Phi) is 16.1. The predicted molar refractivity (Wildman–Crippen MR) is 184 cm³/mol. The first-order valence-electron chi connectivity index (χ1n) is 14.4. The van der Waals surface area contributed by atoms with E-state index >= 15 is 0 Å². The van der Waals surface area contributed by atoms with E-state index in [0.29, 0.717) is 71.5 Å². The van der Waals surface area contributed by atoms with E-state index in [1.165, 1.54) is 31.4 Å². The molecule has 2 amide bonds. The molecule has 0 saturated heterocycles. The summed E-state index contributed by atoms with van der Waals surface area (Å²) >= 11 is 0. The average molecular weight is 719 g/mol. The highest BCUT2D eigenvalue weighted by molar-refractivity contribution is 8.79. The number of hydrogen-bond donors (Lipinski definition) is 7. The Morgan fingerprint density at radius 1 is 0.837 bits per heavy atom. The number of hydrogen-bond acceptors (Lipinski definition) is 15. The minimum absolute atomic E-state index is 0.131. The van der Waals surface area contributed by atoms with Crippen molar-refractivity contribution in [3.05, 3.63) is 89.0 Å². The number of nitrogens with two attached hydrogens (primary N) is 2. The molecule has 0 aliphatic carbocycles. The lowest BCUT2D eigenvalue weighted by Gasteiger charge is -2.24. The van der Waals surface area contributed by atoms with Crippen molar-refractivity contribution in [2.45, 2.75) is 53.6 Å². The van der Waals surface area contributed by atoms with E-state index in [4.69, 9.17) is 16.6 Å². The third kappa shape index (κ3) is 12.5. The van der Waals surface area contributed by atoms with Gasteiger partial charge in [0, 0.05) is 76.8 Å². The first-order valence-corrected chi connectivity index (χ1v) is 16.5. The van der Waals surface area contributed by atoms with Crippen molar-refractivity contribution in [2.24, 2.45) is 0 Å². The van der Waals surface area contributed by atoms with Gasteiger partial charge in [0.2, 0.25) is 12.8 Å². The molecule has 9 N–H and O–H groups in total. The monoisotopic (exact) mass is 718 g/mol. The third-order valence-corrected chi connectivity index (χ3v) is 9.49. The molecule has 0 aromatic carbocycles. The molecule has 0 fully saturated rings. The Morgan fingerprint density at radius 3 is 1.59 bits per heavy atom. The number of aromatic nitrogens is 6. The van der Waals surface area contributed by atoms with Gasteiger partial charge in [0.25, 0.3) is 5.56 Å². The summed E-state index contributed by atoms with van der Waals surface area (Å²) in [7, 11) is 2.69. The second-order valence-electron chi connectivity index (χ2n) is 10.1. The lowest BCUT2D eigenvalue weighted by molar-refractivity contribution is -0.117. The lowest BCUT2D eigenvalue weighted by Crippen LogP contribution is -2.24. The van der Waals surface area contributed by atoms with E-state index < -0.39 is 22.9 Å². The van der Waals surface area contributed by atoms with Crippen LogP contribution in [0.5, 0.6) is 0 Å². The van der Waals surface area contributed by atoms with Gasteiger partial charge in [-0.2, -0.15) is 0 Å². The first kappa shape index (κ1) is 40.1. The van der Waals surface area contributed by atoms with Gasteiger partial charge in [0.15, 0.2) is 0 Å². The van der Waals surface area contributed by atoms with Gasteiger partial charge >= 0.3 is 11.7 Å². The minimum Gasteiger partial charge on any atom is -0.477 e. The van der Waals surface area contributed by atoms with Crippen LogP contribution in [0.2, 0.25) is 0 Å². The van der Waals surface area contributed by atoms with Gasteiger partial charge in [0.05, 0.1) is 13.1 Å². The Morgan fingerprint density at radius 2 is 1.27 bits per heavy atom. The highest BCUT2D eigenvalue weighted by Gasteiger charge is 2.18. The average Bonchev–Trinajstić information content (AvgIpc) is 3.04. The molecule has 49 heavy (non-hydrogen) atoms. The third-order valence-electron chi connectivity index (χ3n) is 6.55. The fourth-order valence-corrected chi connectivity index (χ4v) is 6.73. The number of aliphatic hydroxyl groups is 2. The van der Waals surface area contributed by atoms with E-state index in [1.54, 1.807) is 40.1 Å². The van der Waals surface area contributed by atoms with Crippen LogP contribution in [0.25, 0.3) is 0 Å². The second kappa shape index (κ2) is 19.7. The zero-order valence-electron chi connectivity index (χ0n) is 27.2. The van der Waals surface area contributed by atoms with Crippen LogP contribution in [-0.2, 0) is 22.7 Å². The van der Waals surface area contributed by atoms with Crippen molar-refractivity contribution >= 4 is 52.0 Å². The molecule has 0 aliphatic rings. The van der Waals surface area contributed by atoms with Crippen molar-refractivity contribution in [3.8, 4) is 0 Å². The molecule has 0 atom stereocenters. The molecule has 3 rings (SSSR count).